The summed E-state index contributed by atoms with van der Waals surface area (Å²) in [5.41, 5.74) is 3.49. The zero-order valence-electron chi connectivity index (χ0n) is 13.8. The molecule has 0 bridgehead atoms. The second-order valence-electron chi connectivity index (χ2n) is 6.25. The lowest BCUT2D eigenvalue weighted by Crippen LogP contribution is -2.46. The Bertz CT molecular complexity index is 776. The third kappa shape index (κ3) is 3.44. The minimum Gasteiger partial charge on any atom is -0.300 e. The maximum atomic E-state index is 4.43. The standard InChI is InChI=1S/C18H22N6/c1-2-17-4-6-21-24(17)18(3-1)15-23-12-10-22(11-13-23)9-5-16-14-19-7-8-20-16/h1-4,6-8,14H,5,9-13,15H2. The molecule has 0 unspecified atom stereocenters. The predicted molar refractivity (Wildman–Crippen MR) is 92.6 cm³/mol. The molecule has 124 valence electrons. The summed E-state index contributed by atoms with van der Waals surface area (Å²) in [7, 11) is 0. The Balaban J connectivity index is 1.29. The fourth-order valence-electron chi connectivity index (χ4n) is 3.26. The van der Waals surface area contributed by atoms with Crippen LogP contribution in [0.3, 0.4) is 0 Å². The normalized spacial score (nSPS) is 16.7. The highest BCUT2D eigenvalue weighted by Gasteiger charge is 2.17. The number of aromatic nitrogens is 4. The van der Waals surface area contributed by atoms with Crippen LogP contribution in [0.5, 0.6) is 0 Å². The highest BCUT2D eigenvalue weighted by atomic mass is 15.3. The molecule has 1 aliphatic rings. The molecule has 6 nitrogen and oxygen atoms in total. The van der Waals surface area contributed by atoms with Gasteiger partial charge in [0.05, 0.1) is 16.9 Å². The van der Waals surface area contributed by atoms with E-state index in [-0.39, 0.29) is 0 Å². The SMILES string of the molecule is c1cc(CN2CCN(CCc3cnccn3)CC2)n2nccc2c1. The van der Waals surface area contributed by atoms with Gasteiger partial charge < -0.3 is 4.90 Å². The number of hydrogen-bond donors (Lipinski definition) is 0. The van der Waals surface area contributed by atoms with E-state index in [1.165, 1.54) is 5.69 Å². The van der Waals surface area contributed by atoms with Gasteiger partial charge in [0, 0.05) is 70.5 Å². The molecule has 0 amide bonds. The van der Waals surface area contributed by atoms with E-state index in [0.29, 0.717) is 0 Å². The predicted octanol–water partition coefficient (Wildman–Crippen LogP) is 1.48. The second-order valence-corrected chi connectivity index (χ2v) is 6.25. The minimum atomic E-state index is 0.955. The molecule has 1 saturated heterocycles. The average Bonchev–Trinajstić information content (AvgIpc) is 3.12. The maximum absolute atomic E-state index is 4.43. The van der Waals surface area contributed by atoms with Crippen LogP contribution in [0.15, 0.2) is 49.1 Å². The van der Waals surface area contributed by atoms with Crippen molar-refractivity contribution in [1.29, 1.82) is 0 Å². The lowest BCUT2D eigenvalue weighted by Gasteiger charge is -2.34. The van der Waals surface area contributed by atoms with Gasteiger partial charge in [0.2, 0.25) is 0 Å². The monoisotopic (exact) mass is 322 g/mol. The topological polar surface area (TPSA) is 49.6 Å². The Morgan fingerprint density at radius 1 is 0.917 bits per heavy atom. The molecule has 6 heteroatoms. The number of pyridine rings is 1. The summed E-state index contributed by atoms with van der Waals surface area (Å²) in [6.07, 6.45) is 8.19. The van der Waals surface area contributed by atoms with Gasteiger partial charge in [0.1, 0.15) is 0 Å². The zero-order chi connectivity index (χ0) is 16.2. The van der Waals surface area contributed by atoms with Crippen LogP contribution < -0.4 is 0 Å². The van der Waals surface area contributed by atoms with Crippen LogP contribution in [0, 0.1) is 0 Å². The first kappa shape index (κ1) is 15.2. The third-order valence-corrected chi connectivity index (χ3v) is 4.65. The van der Waals surface area contributed by atoms with Crippen LogP contribution in [0.1, 0.15) is 11.4 Å². The van der Waals surface area contributed by atoms with Gasteiger partial charge in [-0.05, 0) is 18.2 Å². The second kappa shape index (κ2) is 7.07. The molecule has 1 fully saturated rings. The van der Waals surface area contributed by atoms with Crippen LogP contribution in [0.25, 0.3) is 5.52 Å². The van der Waals surface area contributed by atoms with E-state index in [4.69, 9.17) is 0 Å². The van der Waals surface area contributed by atoms with Crippen molar-refractivity contribution in [2.45, 2.75) is 13.0 Å². The summed E-state index contributed by atoms with van der Waals surface area (Å²) in [6, 6.07) is 8.43. The summed E-state index contributed by atoms with van der Waals surface area (Å²) >= 11 is 0. The molecule has 4 heterocycles. The average molecular weight is 322 g/mol. The van der Waals surface area contributed by atoms with Crippen molar-refractivity contribution in [2.24, 2.45) is 0 Å². The molecule has 3 aromatic heterocycles. The summed E-state index contributed by atoms with van der Waals surface area (Å²) in [5.74, 6) is 0. The zero-order valence-corrected chi connectivity index (χ0v) is 13.8. The van der Waals surface area contributed by atoms with E-state index in [0.717, 1.165) is 56.9 Å². The van der Waals surface area contributed by atoms with Crippen molar-refractivity contribution < 1.29 is 0 Å². The van der Waals surface area contributed by atoms with Crippen molar-refractivity contribution >= 4 is 5.52 Å². The first-order valence-electron chi connectivity index (χ1n) is 8.50. The van der Waals surface area contributed by atoms with Crippen molar-refractivity contribution in [3.8, 4) is 0 Å². The van der Waals surface area contributed by atoms with Crippen LogP contribution >= 0.6 is 0 Å². The number of piperazine rings is 1. The van der Waals surface area contributed by atoms with Gasteiger partial charge in [0.15, 0.2) is 0 Å². The highest BCUT2D eigenvalue weighted by Crippen LogP contribution is 2.11. The summed E-state index contributed by atoms with van der Waals surface area (Å²) in [6.45, 7) is 6.42. The van der Waals surface area contributed by atoms with Crippen LogP contribution in [0.4, 0.5) is 0 Å². The summed E-state index contributed by atoms with van der Waals surface area (Å²) in [5, 5.41) is 4.43. The number of hydrogen-bond acceptors (Lipinski definition) is 5. The van der Waals surface area contributed by atoms with Gasteiger partial charge in [0.25, 0.3) is 0 Å². The van der Waals surface area contributed by atoms with Gasteiger partial charge >= 0.3 is 0 Å². The molecule has 0 N–H and O–H groups in total. The smallest absolute Gasteiger partial charge is 0.0665 e. The van der Waals surface area contributed by atoms with Gasteiger partial charge in [-0.25, -0.2) is 4.52 Å². The molecule has 0 spiro atoms. The maximum Gasteiger partial charge on any atom is 0.0665 e. The Morgan fingerprint density at radius 3 is 2.62 bits per heavy atom. The van der Waals surface area contributed by atoms with E-state index in [9.17, 15) is 0 Å². The molecule has 1 aliphatic heterocycles. The Kier molecular flexibility index (Phi) is 4.49. The van der Waals surface area contributed by atoms with E-state index in [1.807, 2.05) is 23.0 Å². The van der Waals surface area contributed by atoms with Crippen molar-refractivity contribution in [3.05, 3.63) is 60.4 Å². The molecular weight excluding hydrogens is 300 g/mol. The molecule has 0 radical (unpaired) electrons. The molecule has 0 atom stereocenters. The lowest BCUT2D eigenvalue weighted by molar-refractivity contribution is 0.126. The van der Waals surface area contributed by atoms with Crippen LogP contribution in [-0.2, 0) is 13.0 Å². The van der Waals surface area contributed by atoms with Crippen molar-refractivity contribution in [3.63, 3.8) is 0 Å². The Morgan fingerprint density at radius 2 is 1.79 bits per heavy atom. The van der Waals surface area contributed by atoms with E-state index < -0.39 is 0 Å². The number of rotatable bonds is 5. The Labute approximate surface area is 141 Å². The number of fused-ring (bicyclic) bond motifs is 1. The van der Waals surface area contributed by atoms with E-state index >= 15 is 0 Å². The first-order valence-corrected chi connectivity index (χ1v) is 8.50. The van der Waals surface area contributed by atoms with Gasteiger partial charge in [-0.2, -0.15) is 5.10 Å². The molecular formula is C18H22N6. The molecule has 0 saturated carbocycles. The van der Waals surface area contributed by atoms with Crippen LogP contribution in [-0.4, -0.2) is 62.1 Å². The van der Waals surface area contributed by atoms with Gasteiger partial charge in [-0.1, -0.05) is 6.07 Å². The van der Waals surface area contributed by atoms with Crippen molar-refractivity contribution in [2.75, 3.05) is 32.7 Å². The van der Waals surface area contributed by atoms with E-state index in [2.05, 4.69) is 43.1 Å². The molecule has 0 aromatic carbocycles. The van der Waals surface area contributed by atoms with Crippen LogP contribution in [0.2, 0.25) is 0 Å². The fourth-order valence-corrected chi connectivity index (χ4v) is 3.26. The van der Waals surface area contributed by atoms with Crippen molar-refractivity contribution in [1.82, 2.24) is 29.4 Å². The first-order chi connectivity index (χ1) is 11.9. The molecule has 3 aromatic rings. The van der Waals surface area contributed by atoms with Gasteiger partial charge in [-0.15, -0.1) is 0 Å². The minimum absolute atomic E-state index is 0.955. The highest BCUT2D eigenvalue weighted by molar-refractivity contribution is 5.46. The number of nitrogens with zero attached hydrogens (tertiary/aromatic N) is 6. The fraction of sp³-hybridized carbons (Fsp3) is 0.389. The summed E-state index contributed by atoms with van der Waals surface area (Å²) < 4.78 is 2.04. The van der Waals surface area contributed by atoms with Gasteiger partial charge in [-0.3, -0.25) is 14.9 Å². The molecule has 0 aliphatic carbocycles. The largest absolute Gasteiger partial charge is 0.300 e. The molecule has 4 rings (SSSR count). The quantitative estimate of drug-likeness (QED) is 0.712. The van der Waals surface area contributed by atoms with E-state index in [1.54, 1.807) is 12.4 Å². The Hall–Kier alpha value is -2.31. The third-order valence-electron chi connectivity index (χ3n) is 4.65. The lowest BCUT2D eigenvalue weighted by atomic mass is 10.2. The molecule has 24 heavy (non-hydrogen) atoms. The summed E-state index contributed by atoms with van der Waals surface area (Å²) in [4.78, 5) is 13.5.